The van der Waals surface area contributed by atoms with E-state index in [1.807, 2.05) is 31.2 Å². The van der Waals surface area contributed by atoms with Gasteiger partial charge in [-0.05, 0) is 24.6 Å². The Hall–Kier alpha value is -1.20. The molecule has 0 saturated carbocycles. The number of rotatable bonds is 8. The van der Waals surface area contributed by atoms with Gasteiger partial charge in [0.15, 0.2) is 0 Å². The first-order chi connectivity index (χ1) is 9.52. The van der Waals surface area contributed by atoms with Crippen molar-refractivity contribution in [1.82, 2.24) is 4.90 Å². The molecule has 0 radical (unpaired) electrons. The molecule has 0 saturated heterocycles. The van der Waals surface area contributed by atoms with Crippen LogP contribution in [0, 0.1) is 0 Å². The molecule has 1 N–H and O–H groups in total. The lowest BCUT2D eigenvalue weighted by molar-refractivity contribution is -0.138. The maximum atomic E-state index is 11.9. The number of halogens is 1. The van der Waals surface area contributed by atoms with Gasteiger partial charge in [-0.2, -0.15) is 0 Å². The van der Waals surface area contributed by atoms with Crippen molar-refractivity contribution in [3.63, 3.8) is 0 Å². The van der Waals surface area contributed by atoms with Crippen LogP contribution in [0.15, 0.2) is 24.3 Å². The van der Waals surface area contributed by atoms with Crippen molar-refractivity contribution >= 4 is 35.2 Å². The van der Waals surface area contributed by atoms with E-state index < -0.39 is 5.97 Å². The van der Waals surface area contributed by atoms with Crippen molar-refractivity contribution in [2.45, 2.75) is 19.1 Å². The van der Waals surface area contributed by atoms with Crippen molar-refractivity contribution in [3.05, 3.63) is 34.9 Å². The van der Waals surface area contributed by atoms with Gasteiger partial charge < -0.3 is 10.0 Å². The van der Waals surface area contributed by atoms with Gasteiger partial charge >= 0.3 is 5.97 Å². The highest BCUT2D eigenvalue weighted by Crippen LogP contribution is 2.15. The SMILES string of the molecule is CCN(CCC(=O)O)C(=O)CSCc1ccc(Cl)cc1. The largest absolute Gasteiger partial charge is 0.481 e. The molecule has 1 rings (SSSR count). The van der Waals surface area contributed by atoms with Gasteiger partial charge in [0.25, 0.3) is 0 Å². The minimum atomic E-state index is -0.884. The van der Waals surface area contributed by atoms with Crippen molar-refractivity contribution < 1.29 is 14.7 Å². The van der Waals surface area contributed by atoms with Crippen molar-refractivity contribution in [2.75, 3.05) is 18.8 Å². The van der Waals surface area contributed by atoms with Crippen LogP contribution in [0.2, 0.25) is 5.02 Å². The van der Waals surface area contributed by atoms with E-state index in [0.29, 0.717) is 17.3 Å². The summed E-state index contributed by atoms with van der Waals surface area (Å²) in [5, 5.41) is 9.33. The Labute approximate surface area is 128 Å². The Balaban J connectivity index is 2.33. The normalized spacial score (nSPS) is 10.3. The third-order valence-corrected chi connectivity index (χ3v) is 3.98. The Morgan fingerprint density at radius 2 is 1.95 bits per heavy atom. The molecule has 0 heterocycles. The maximum Gasteiger partial charge on any atom is 0.305 e. The van der Waals surface area contributed by atoms with E-state index in [9.17, 15) is 9.59 Å². The lowest BCUT2D eigenvalue weighted by Crippen LogP contribution is -2.34. The van der Waals surface area contributed by atoms with E-state index in [-0.39, 0.29) is 18.9 Å². The van der Waals surface area contributed by atoms with Crippen LogP contribution in [-0.2, 0) is 15.3 Å². The van der Waals surface area contributed by atoms with E-state index >= 15 is 0 Å². The number of carboxylic acid groups (broad SMARTS) is 1. The second-order valence-corrected chi connectivity index (χ2v) is 5.66. The van der Waals surface area contributed by atoms with Crippen LogP contribution in [0.3, 0.4) is 0 Å². The molecule has 110 valence electrons. The Morgan fingerprint density at radius 1 is 1.30 bits per heavy atom. The van der Waals surface area contributed by atoms with Gasteiger partial charge in [0.05, 0.1) is 12.2 Å². The fraction of sp³-hybridized carbons (Fsp3) is 0.429. The van der Waals surface area contributed by atoms with Crippen molar-refractivity contribution in [3.8, 4) is 0 Å². The van der Waals surface area contributed by atoms with Crippen LogP contribution >= 0.6 is 23.4 Å². The zero-order valence-electron chi connectivity index (χ0n) is 11.3. The smallest absolute Gasteiger partial charge is 0.305 e. The van der Waals surface area contributed by atoms with E-state index in [1.165, 1.54) is 11.8 Å². The van der Waals surface area contributed by atoms with E-state index in [2.05, 4.69) is 0 Å². The van der Waals surface area contributed by atoms with Crippen LogP contribution < -0.4 is 0 Å². The van der Waals surface area contributed by atoms with Crippen molar-refractivity contribution in [1.29, 1.82) is 0 Å². The molecule has 0 aliphatic heterocycles. The standard InChI is InChI=1S/C14H18ClNO3S/c1-2-16(8-7-14(18)19)13(17)10-20-9-11-3-5-12(15)6-4-11/h3-6H,2,7-10H2,1H3,(H,18,19). The summed E-state index contributed by atoms with van der Waals surface area (Å²) >= 11 is 7.32. The molecular formula is C14H18ClNO3S. The number of amides is 1. The minimum absolute atomic E-state index is 0.0125. The highest BCUT2D eigenvalue weighted by molar-refractivity contribution is 7.99. The third kappa shape index (κ3) is 6.30. The maximum absolute atomic E-state index is 11.9. The zero-order valence-corrected chi connectivity index (χ0v) is 12.9. The number of carbonyl (C=O) groups excluding carboxylic acids is 1. The number of nitrogens with zero attached hydrogens (tertiary/aromatic N) is 1. The molecule has 0 fully saturated rings. The molecule has 4 nitrogen and oxygen atoms in total. The fourth-order valence-electron chi connectivity index (χ4n) is 1.62. The average molecular weight is 316 g/mol. The molecule has 0 spiro atoms. The monoisotopic (exact) mass is 315 g/mol. The van der Waals surface area contributed by atoms with Crippen LogP contribution in [0.1, 0.15) is 18.9 Å². The summed E-state index contributed by atoms with van der Waals surface area (Å²) in [5.41, 5.74) is 1.11. The number of hydrogen-bond acceptors (Lipinski definition) is 3. The first-order valence-corrected chi connectivity index (χ1v) is 7.88. The highest BCUT2D eigenvalue weighted by Gasteiger charge is 2.12. The molecule has 1 aromatic carbocycles. The van der Waals surface area contributed by atoms with E-state index in [0.717, 1.165) is 11.3 Å². The fourth-order valence-corrected chi connectivity index (χ4v) is 2.63. The third-order valence-electron chi connectivity index (χ3n) is 2.74. The summed E-state index contributed by atoms with van der Waals surface area (Å²) in [6, 6.07) is 7.51. The molecule has 0 aromatic heterocycles. The lowest BCUT2D eigenvalue weighted by Gasteiger charge is -2.19. The van der Waals surface area contributed by atoms with Gasteiger partial charge in [0, 0.05) is 23.9 Å². The van der Waals surface area contributed by atoms with Crippen LogP contribution in [0.5, 0.6) is 0 Å². The van der Waals surface area contributed by atoms with Gasteiger partial charge in [-0.25, -0.2) is 0 Å². The predicted molar refractivity (Wildman–Crippen MR) is 82.1 cm³/mol. The van der Waals surface area contributed by atoms with Gasteiger partial charge in [0.1, 0.15) is 0 Å². The van der Waals surface area contributed by atoms with Gasteiger partial charge in [-0.3, -0.25) is 9.59 Å². The quantitative estimate of drug-likeness (QED) is 0.801. The van der Waals surface area contributed by atoms with E-state index in [4.69, 9.17) is 16.7 Å². The second kappa shape index (κ2) is 8.87. The van der Waals surface area contributed by atoms with Gasteiger partial charge in [-0.15, -0.1) is 11.8 Å². The molecule has 0 unspecified atom stereocenters. The summed E-state index contributed by atoms with van der Waals surface area (Å²) in [7, 11) is 0. The number of benzene rings is 1. The molecule has 20 heavy (non-hydrogen) atoms. The number of carbonyl (C=O) groups is 2. The summed E-state index contributed by atoms with van der Waals surface area (Å²) in [6.45, 7) is 2.66. The van der Waals surface area contributed by atoms with E-state index in [1.54, 1.807) is 4.90 Å². The summed E-state index contributed by atoms with van der Waals surface area (Å²) in [4.78, 5) is 24.0. The van der Waals surface area contributed by atoms with Gasteiger partial charge in [-0.1, -0.05) is 23.7 Å². The first-order valence-electron chi connectivity index (χ1n) is 6.34. The molecule has 0 aliphatic rings. The lowest BCUT2D eigenvalue weighted by atomic mass is 10.2. The molecule has 6 heteroatoms. The van der Waals surface area contributed by atoms with Crippen LogP contribution in [0.4, 0.5) is 0 Å². The number of carboxylic acids is 1. The molecule has 1 amide bonds. The minimum Gasteiger partial charge on any atom is -0.481 e. The average Bonchev–Trinajstić information content (AvgIpc) is 2.41. The number of hydrogen-bond donors (Lipinski definition) is 1. The zero-order chi connectivity index (χ0) is 15.0. The second-order valence-electron chi connectivity index (χ2n) is 4.24. The Kier molecular flexibility index (Phi) is 7.47. The van der Waals surface area contributed by atoms with Crippen LogP contribution in [0.25, 0.3) is 0 Å². The molecule has 0 aliphatic carbocycles. The molecule has 0 bridgehead atoms. The first kappa shape index (κ1) is 16.9. The molecular weight excluding hydrogens is 298 g/mol. The predicted octanol–water partition coefficient (Wildman–Crippen LogP) is 2.90. The number of thioether (sulfide) groups is 1. The van der Waals surface area contributed by atoms with Crippen LogP contribution in [-0.4, -0.2) is 40.7 Å². The van der Waals surface area contributed by atoms with Gasteiger partial charge in [0.2, 0.25) is 5.91 Å². The summed E-state index contributed by atoms with van der Waals surface area (Å²) < 4.78 is 0. The Morgan fingerprint density at radius 3 is 2.50 bits per heavy atom. The topological polar surface area (TPSA) is 57.6 Å². The molecule has 1 aromatic rings. The highest BCUT2D eigenvalue weighted by atomic mass is 35.5. The summed E-state index contributed by atoms with van der Waals surface area (Å²) in [6.07, 6.45) is -0.0125. The van der Waals surface area contributed by atoms with Crippen molar-refractivity contribution in [2.24, 2.45) is 0 Å². The number of aliphatic carboxylic acids is 1. The summed E-state index contributed by atoms with van der Waals surface area (Å²) in [5.74, 6) is 0.188. The molecule has 0 atom stereocenters. The Bertz CT molecular complexity index is 450.